The number of hydrogen-bond donors (Lipinski definition) is 1. The molecule has 1 aromatic rings. The minimum Gasteiger partial charge on any atom is -0.393 e. The molecule has 0 aromatic carbocycles. The lowest BCUT2D eigenvalue weighted by Crippen LogP contribution is -2.13. The molecule has 0 aliphatic heterocycles. The van der Waals surface area contributed by atoms with Gasteiger partial charge in [-0.1, -0.05) is 0 Å². The molecule has 0 bridgehead atoms. The maximum atomic E-state index is 9.92. The first-order chi connectivity index (χ1) is 7.56. The largest absolute Gasteiger partial charge is 0.393 e. The van der Waals surface area contributed by atoms with E-state index in [2.05, 4.69) is 27.3 Å². The Hall–Kier alpha value is 0. The molecule has 3 nitrogen and oxygen atoms in total. The molecule has 92 valence electrons. The summed E-state index contributed by atoms with van der Waals surface area (Å²) in [6.07, 6.45) is 4.42. The minimum absolute atomic E-state index is 0.266. The molecule has 0 spiro atoms. The van der Waals surface area contributed by atoms with Crippen molar-refractivity contribution in [3.63, 3.8) is 0 Å². The van der Waals surface area contributed by atoms with Crippen molar-refractivity contribution in [2.75, 3.05) is 12.0 Å². The molecule has 0 amide bonds. The van der Waals surface area contributed by atoms with Gasteiger partial charge < -0.3 is 5.11 Å². The lowest BCUT2D eigenvalue weighted by atomic mass is 10.1. The monoisotopic (exact) mass is 306 g/mol. The van der Waals surface area contributed by atoms with Gasteiger partial charge in [-0.15, -0.1) is 0 Å². The van der Waals surface area contributed by atoms with Crippen molar-refractivity contribution in [3.8, 4) is 0 Å². The summed E-state index contributed by atoms with van der Waals surface area (Å²) in [6.45, 7) is 1.97. The summed E-state index contributed by atoms with van der Waals surface area (Å²) in [5.41, 5.74) is 2.06. The van der Waals surface area contributed by atoms with E-state index >= 15 is 0 Å². The zero-order valence-corrected chi connectivity index (χ0v) is 12.4. The van der Waals surface area contributed by atoms with Gasteiger partial charge in [0.1, 0.15) is 0 Å². The summed E-state index contributed by atoms with van der Waals surface area (Å²) in [5, 5.41) is 14.2. The van der Waals surface area contributed by atoms with E-state index in [1.54, 1.807) is 0 Å². The fourth-order valence-electron chi connectivity index (χ4n) is 1.69. The van der Waals surface area contributed by atoms with E-state index in [9.17, 15) is 5.11 Å². The Morgan fingerprint density at radius 1 is 1.56 bits per heavy atom. The van der Waals surface area contributed by atoms with E-state index in [4.69, 9.17) is 0 Å². The van der Waals surface area contributed by atoms with Crippen LogP contribution in [0.2, 0.25) is 0 Å². The number of halogens is 1. The Bertz CT molecular complexity index is 341. The standard InChI is InChI=1S/C11H19BrN2OS/c1-8-11(12)10(14(2)13-8)7-9(15)5-4-6-16-3/h9,15H,4-7H2,1-3H3. The smallest absolute Gasteiger partial charge is 0.0738 e. The average molecular weight is 307 g/mol. The number of aliphatic hydroxyl groups excluding tert-OH is 1. The van der Waals surface area contributed by atoms with E-state index in [1.807, 2.05) is 30.4 Å². The molecule has 1 unspecified atom stereocenters. The van der Waals surface area contributed by atoms with Gasteiger partial charge in [-0.3, -0.25) is 4.68 Å². The molecule has 0 aliphatic rings. The maximum Gasteiger partial charge on any atom is 0.0738 e. The first-order valence-electron chi connectivity index (χ1n) is 5.41. The molecule has 16 heavy (non-hydrogen) atoms. The van der Waals surface area contributed by atoms with Crippen molar-refractivity contribution in [3.05, 3.63) is 15.9 Å². The van der Waals surface area contributed by atoms with Gasteiger partial charge >= 0.3 is 0 Å². The van der Waals surface area contributed by atoms with Crippen molar-refractivity contribution in [1.29, 1.82) is 0 Å². The van der Waals surface area contributed by atoms with Gasteiger partial charge in [0.15, 0.2) is 0 Å². The molecule has 1 atom stereocenters. The fraction of sp³-hybridized carbons (Fsp3) is 0.727. The predicted molar refractivity (Wildman–Crippen MR) is 73.0 cm³/mol. The van der Waals surface area contributed by atoms with E-state index in [0.717, 1.165) is 34.5 Å². The van der Waals surface area contributed by atoms with Crippen LogP contribution in [0.3, 0.4) is 0 Å². The second-order valence-corrected chi connectivity index (χ2v) is 5.74. The summed E-state index contributed by atoms with van der Waals surface area (Å²) in [4.78, 5) is 0. The summed E-state index contributed by atoms with van der Waals surface area (Å²) in [6, 6.07) is 0. The van der Waals surface area contributed by atoms with Crippen molar-refractivity contribution >= 4 is 27.7 Å². The number of aryl methyl sites for hydroxylation is 2. The second kappa shape index (κ2) is 6.67. The summed E-state index contributed by atoms with van der Waals surface area (Å²) < 4.78 is 2.87. The molecular formula is C11H19BrN2OS. The number of nitrogens with zero attached hydrogens (tertiary/aromatic N) is 2. The highest BCUT2D eigenvalue weighted by molar-refractivity contribution is 9.10. The van der Waals surface area contributed by atoms with Crippen molar-refractivity contribution in [2.24, 2.45) is 7.05 Å². The van der Waals surface area contributed by atoms with Crippen LogP contribution in [0.15, 0.2) is 4.47 Å². The van der Waals surface area contributed by atoms with Gasteiger partial charge in [-0.2, -0.15) is 16.9 Å². The summed E-state index contributed by atoms with van der Waals surface area (Å²) in [7, 11) is 1.92. The first kappa shape index (κ1) is 14.1. The van der Waals surface area contributed by atoms with Crippen LogP contribution in [0, 0.1) is 6.92 Å². The van der Waals surface area contributed by atoms with E-state index in [1.165, 1.54) is 0 Å². The molecule has 0 fully saturated rings. The highest BCUT2D eigenvalue weighted by atomic mass is 79.9. The molecule has 0 saturated heterocycles. The summed E-state index contributed by atoms with van der Waals surface area (Å²) in [5.74, 6) is 1.11. The highest BCUT2D eigenvalue weighted by Crippen LogP contribution is 2.22. The van der Waals surface area contributed by atoms with Crippen LogP contribution in [-0.4, -0.2) is 33.0 Å². The number of hydrogen-bond acceptors (Lipinski definition) is 3. The van der Waals surface area contributed by atoms with Crippen molar-refractivity contribution < 1.29 is 5.11 Å². The third kappa shape index (κ3) is 3.79. The summed E-state index contributed by atoms with van der Waals surface area (Å²) >= 11 is 5.34. The number of aromatic nitrogens is 2. The predicted octanol–water partition coefficient (Wildman–Crippen LogP) is 2.54. The van der Waals surface area contributed by atoms with Crippen LogP contribution in [0.4, 0.5) is 0 Å². The third-order valence-corrected chi connectivity index (χ3v) is 4.30. The van der Waals surface area contributed by atoms with Crippen molar-refractivity contribution in [1.82, 2.24) is 9.78 Å². The van der Waals surface area contributed by atoms with Gasteiger partial charge in [0.25, 0.3) is 0 Å². The Balaban J connectivity index is 2.52. The molecule has 1 aromatic heterocycles. The molecule has 1 rings (SSSR count). The maximum absolute atomic E-state index is 9.92. The lowest BCUT2D eigenvalue weighted by Gasteiger charge is -2.10. The fourth-order valence-corrected chi connectivity index (χ4v) is 2.64. The number of rotatable bonds is 6. The van der Waals surface area contributed by atoms with Crippen LogP contribution in [-0.2, 0) is 13.5 Å². The highest BCUT2D eigenvalue weighted by Gasteiger charge is 2.14. The second-order valence-electron chi connectivity index (χ2n) is 3.96. The minimum atomic E-state index is -0.266. The molecule has 1 N–H and O–H groups in total. The Morgan fingerprint density at radius 2 is 2.25 bits per heavy atom. The third-order valence-electron chi connectivity index (χ3n) is 2.58. The van der Waals surface area contributed by atoms with Crippen LogP contribution in [0.5, 0.6) is 0 Å². The zero-order valence-electron chi connectivity index (χ0n) is 10.0. The quantitative estimate of drug-likeness (QED) is 0.821. The van der Waals surface area contributed by atoms with Crippen LogP contribution in [0.1, 0.15) is 24.2 Å². The molecule has 0 radical (unpaired) electrons. The van der Waals surface area contributed by atoms with Gasteiger partial charge in [0, 0.05) is 13.5 Å². The number of aliphatic hydroxyl groups is 1. The van der Waals surface area contributed by atoms with E-state index < -0.39 is 0 Å². The van der Waals surface area contributed by atoms with Crippen LogP contribution < -0.4 is 0 Å². The van der Waals surface area contributed by atoms with Crippen LogP contribution in [0.25, 0.3) is 0 Å². The molecule has 5 heteroatoms. The Labute approximate surface area is 110 Å². The van der Waals surface area contributed by atoms with Crippen LogP contribution >= 0.6 is 27.7 Å². The zero-order chi connectivity index (χ0) is 12.1. The van der Waals surface area contributed by atoms with Gasteiger partial charge in [0.2, 0.25) is 0 Å². The Kier molecular flexibility index (Phi) is 5.86. The normalized spacial score (nSPS) is 13.1. The SMILES string of the molecule is CSCCCC(O)Cc1c(Br)c(C)nn1C. The molecular weight excluding hydrogens is 288 g/mol. The molecule has 0 aliphatic carbocycles. The molecule has 1 heterocycles. The van der Waals surface area contributed by atoms with Crippen molar-refractivity contribution in [2.45, 2.75) is 32.3 Å². The van der Waals surface area contributed by atoms with E-state index in [0.29, 0.717) is 6.42 Å². The van der Waals surface area contributed by atoms with Gasteiger partial charge in [-0.05, 0) is 47.7 Å². The number of thioether (sulfide) groups is 1. The van der Waals surface area contributed by atoms with E-state index in [-0.39, 0.29) is 6.10 Å². The topological polar surface area (TPSA) is 38.1 Å². The van der Waals surface area contributed by atoms with Gasteiger partial charge in [0.05, 0.1) is 22.0 Å². The Morgan fingerprint density at radius 3 is 2.75 bits per heavy atom. The molecule has 0 saturated carbocycles. The average Bonchev–Trinajstić information content (AvgIpc) is 2.46. The lowest BCUT2D eigenvalue weighted by molar-refractivity contribution is 0.161. The van der Waals surface area contributed by atoms with Gasteiger partial charge in [-0.25, -0.2) is 0 Å². The first-order valence-corrected chi connectivity index (χ1v) is 7.60.